The Morgan fingerprint density at radius 1 is 1.24 bits per heavy atom. The molecular formula is C14H15ClFN5. The van der Waals surface area contributed by atoms with E-state index in [0.717, 1.165) is 17.1 Å². The molecule has 0 saturated carbocycles. The molecule has 5 nitrogen and oxygen atoms in total. The zero-order valence-electron chi connectivity index (χ0n) is 11.9. The number of aromatic amines is 1. The van der Waals surface area contributed by atoms with Crippen LogP contribution >= 0.6 is 11.6 Å². The largest absolute Gasteiger partial charge is 0.371 e. The molecule has 0 aromatic carbocycles. The molecule has 0 saturated heterocycles. The van der Waals surface area contributed by atoms with Gasteiger partial charge in [0.15, 0.2) is 17.5 Å². The number of nitrogens with one attached hydrogen (secondary N) is 2. The van der Waals surface area contributed by atoms with E-state index in [2.05, 4.69) is 25.3 Å². The summed E-state index contributed by atoms with van der Waals surface area (Å²) in [6, 6.07) is 1.77. The van der Waals surface area contributed by atoms with Crippen molar-refractivity contribution in [3.8, 4) is 11.4 Å². The van der Waals surface area contributed by atoms with Gasteiger partial charge in [-0.3, -0.25) is 0 Å². The molecule has 0 aliphatic rings. The molecule has 3 heterocycles. The maximum absolute atomic E-state index is 13.4. The molecule has 0 unspecified atom stereocenters. The minimum absolute atomic E-state index is 0.148. The van der Waals surface area contributed by atoms with Gasteiger partial charge in [-0.1, -0.05) is 25.4 Å². The summed E-state index contributed by atoms with van der Waals surface area (Å²) >= 11 is 5.93. The molecule has 2 N–H and O–H groups in total. The SMILES string of the molecule is CC.CNc1nc(-c2c[nH]c3ncc(Cl)cc23)ncc1F. The van der Waals surface area contributed by atoms with Crippen LogP contribution in [0.15, 0.2) is 24.7 Å². The molecule has 21 heavy (non-hydrogen) atoms. The van der Waals surface area contributed by atoms with Crippen LogP contribution in [0.4, 0.5) is 10.2 Å². The van der Waals surface area contributed by atoms with Crippen LogP contribution in [0, 0.1) is 5.82 Å². The Bertz CT molecular complexity index is 756. The van der Waals surface area contributed by atoms with Crippen molar-refractivity contribution < 1.29 is 4.39 Å². The van der Waals surface area contributed by atoms with Gasteiger partial charge >= 0.3 is 0 Å². The highest BCUT2D eigenvalue weighted by atomic mass is 35.5. The second kappa shape index (κ2) is 6.49. The summed E-state index contributed by atoms with van der Waals surface area (Å²) in [7, 11) is 1.60. The van der Waals surface area contributed by atoms with Crippen molar-refractivity contribution >= 4 is 28.5 Å². The van der Waals surface area contributed by atoms with E-state index >= 15 is 0 Å². The minimum atomic E-state index is -0.498. The maximum atomic E-state index is 13.4. The molecule has 0 bridgehead atoms. The first-order valence-electron chi connectivity index (χ1n) is 6.52. The molecule has 3 aromatic heterocycles. The summed E-state index contributed by atoms with van der Waals surface area (Å²) in [6.07, 6.45) is 4.40. The third-order valence-corrected chi connectivity index (χ3v) is 2.93. The Morgan fingerprint density at radius 3 is 2.71 bits per heavy atom. The fourth-order valence-corrected chi connectivity index (χ4v) is 1.99. The van der Waals surface area contributed by atoms with Gasteiger partial charge in [0.05, 0.1) is 11.2 Å². The van der Waals surface area contributed by atoms with E-state index in [1.165, 1.54) is 0 Å². The average Bonchev–Trinajstić information content (AvgIpc) is 2.93. The predicted octanol–water partition coefficient (Wildman–Crippen LogP) is 3.88. The van der Waals surface area contributed by atoms with Gasteiger partial charge in [0, 0.05) is 30.4 Å². The number of rotatable bonds is 2. The molecule has 0 aliphatic heterocycles. The van der Waals surface area contributed by atoms with Gasteiger partial charge in [0.2, 0.25) is 0 Å². The Hall–Kier alpha value is -2.21. The van der Waals surface area contributed by atoms with E-state index in [4.69, 9.17) is 11.6 Å². The lowest BCUT2D eigenvalue weighted by Gasteiger charge is -2.03. The molecule has 3 aromatic rings. The van der Waals surface area contributed by atoms with E-state index in [9.17, 15) is 4.39 Å². The number of fused-ring (bicyclic) bond motifs is 1. The summed E-state index contributed by atoms with van der Waals surface area (Å²) < 4.78 is 13.4. The van der Waals surface area contributed by atoms with Gasteiger partial charge in [0.25, 0.3) is 0 Å². The fraction of sp³-hybridized carbons (Fsp3) is 0.214. The molecule has 7 heteroatoms. The Balaban J connectivity index is 0.000000774. The highest BCUT2D eigenvalue weighted by Crippen LogP contribution is 2.27. The summed E-state index contributed by atoms with van der Waals surface area (Å²) in [5.74, 6) is 0.0534. The maximum Gasteiger partial charge on any atom is 0.183 e. The number of halogens is 2. The van der Waals surface area contributed by atoms with Crippen molar-refractivity contribution in [1.29, 1.82) is 0 Å². The number of anilines is 1. The molecule has 0 aliphatic carbocycles. The lowest BCUT2D eigenvalue weighted by molar-refractivity contribution is 0.619. The van der Waals surface area contributed by atoms with Crippen molar-refractivity contribution in [1.82, 2.24) is 19.9 Å². The number of hydrogen-bond donors (Lipinski definition) is 2. The molecular weight excluding hydrogens is 293 g/mol. The van der Waals surface area contributed by atoms with E-state index in [1.54, 1.807) is 25.5 Å². The molecule has 3 rings (SSSR count). The Kier molecular flexibility index (Phi) is 4.70. The van der Waals surface area contributed by atoms with Gasteiger partial charge in [-0.15, -0.1) is 0 Å². The molecule has 0 amide bonds. The van der Waals surface area contributed by atoms with Gasteiger partial charge in [0.1, 0.15) is 5.65 Å². The first-order valence-corrected chi connectivity index (χ1v) is 6.90. The predicted molar refractivity (Wildman–Crippen MR) is 83.0 cm³/mol. The minimum Gasteiger partial charge on any atom is -0.371 e. The zero-order valence-corrected chi connectivity index (χ0v) is 12.7. The number of H-pyrrole nitrogens is 1. The zero-order chi connectivity index (χ0) is 15.4. The second-order valence-corrected chi connectivity index (χ2v) is 4.33. The Labute approximate surface area is 126 Å². The van der Waals surface area contributed by atoms with Gasteiger partial charge in [-0.25, -0.2) is 19.3 Å². The molecule has 0 atom stereocenters. The smallest absolute Gasteiger partial charge is 0.183 e. The normalized spacial score (nSPS) is 10.1. The standard InChI is InChI=1S/C12H9ClFN5.C2H6/c1-15-12-9(14)5-18-11(19-12)8-4-17-10-7(8)2-6(13)3-16-10;1-2/h2-5H,1H3,(H,16,17)(H,15,18,19);1-2H3. The number of aromatic nitrogens is 4. The molecule has 0 radical (unpaired) electrons. The summed E-state index contributed by atoms with van der Waals surface area (Å²) in [5.41, 5.74) is 1.40. The van der Waals surface area contributed by atoms with E-state index in [1.807, 2.05) is 13.8 Å². The third-order valence-electron chi connectivity index (χ3n) is 2.72. The molecule has 110 valence electrons. The first-order chi connectivity index (χ1) is 10.2. The van der Waals surface area contributed by atoms with Crippen LogP contribution in [0.25, 0.3) is 22.4 Å². The summed E-state index contributed by atoms with van der Waals surface area (Å²) in [6.45, 7) is 4.00. The second-order valence-electron chi connectivity index (χ2n) is 3.89. The lowest BCUT2D eigenvalue weighted by Crippen LogP contribution is -1.99. The van der Waals surface area contributed by atoms with Crippen LogP contribution in [0.5, 0.6) is 0 Å². The van der Waals surface area contributed by atoms with Crippen molar-refractivity contribution in [2.45, 2.75) is 13.8 Å². The van der Waals surface area contributed by atoms with Crippen LogP contribution in [-0.4, -0.2) is 27.0 Å². The fourth-order valence-electron chi connectivity index (χ4n) is 1.84. The molecule has 0 spiro atoms. The van der Waals surface area contributed by atoms with Crippen LogP contribution < -0.4 is 5.32 Å². The molecule has 0 fully saturated rings. The third kappa shape index (κ3) is 2.95. The van der Waals surface area contributed by atoms with Crippen molar-refractivity contribution in [3.63, 3.8) is 0 Å². The number of pyridine rings is 1. The van der Waals surface area contributed by atoms with Gasteiger partial charge in [-0.2, -0.15) is 0 Å². The van der Waals surface area contributed by atoms with Crippen LogP contribution in [0.3, 0.4) is 0 Å². The van der Waals surface area contributed by atoms with Crippen LogP contribution in [-0.2, 0) is 0 Å². The first kappa shape index (κ1) is 15.2. The van der Waals surface area contributed by atoms with E-state index < -0.39 is 5.82 Å². The topological polar surface area (TPSA) is 66.5 Å². The number of nitrogens with zero attached hydrogens (tertiary/aromatic N) is 3. The monoisotopic (exact) mass is 307 g/mol. The highest BCUT2D eigenvalue weighted by Gasteiger charge is 2.12. The van der Waals surface area contributed by atoms with Crippen molar-refractivity contribution in [3.05, 3.63) is 35.5 Å². The van der Waals surface area contributed by atoms with E-state index in [-0.39, 0.29) is 5.82 Å². The van der Waals surface area contributed by atoms with Crippen LogP contribution in [0.2, 0.25) is 5.02 Å². The Morgan fingerprint density at radius 2 is 2.00 bits per heavy atom. The average molecular weight is 308 g/mol. The van der Waals surface area contributed by atoms with E-state index in [0.29, 0.717) is 16.5 Å². The summed E-state index contributed by atoms with van der Waals surface area (Å²) in [4.78, 5) is 15.3. The highest BCUT2D eigenvalue weighted by molar-refractivity contribution is 6.31. The van der Waals surface area contributed by atoms with Crippen molar-refractivity contribution in [2.75, 3.05) is 12.4 Å². The van der Waals surface area contributed by atoms with Gasteiger partial charge < -0.3 is 10.3 Å². The quantitative estimate of drug-likeness (QED) is 0.754. The summed E-state index contributed by atoms with van der Waals surface area (Å²) in [5, 5.41) is 3.99. The van der Waals surface area contributed by atoms with Crippen LogP contribution in [0.1, 0.15) is 13.8 Å². The van der Waals surface area contributed by atoms with Gasteiger partial charge in [-0.05, 0) is 6.07 Å². The van der Waals surface area contributed by atoms with Crippen molar-refractivity contribution in [2.24, 2.45) is 0 Å². The number of hydrogen-bond acceptors (Lipinski definition) is 4. The lowest BCUT2D eigenvalue weighted by atomic mass is 10.2.